The van der Waals surface area contributed by atoms with E-state index in [9.17, 15) is 0 Å². The van der Waals surface area contributed by atoms with E-state index in [1.165, 1.54) is 12.8 Å². The van der Waals surface area contributed by atoms with Crippen molar-refractivity contribution in [1.29, 1.82) is 0 Å². The molecule has 1 atom stereocenters. The highest BCUT2D eigenvalue weighted by Gasteiger charge is 2.26. The summed E-state index contributed by atoms with van der Waals surface area (Å²) in [5.74, 6) is 6.31. The molecule has 0 radical (unpaired) electrons. The highest BCUT2D eigenvalue weighted by atomic mass is 15.2. The van der Waals surface area contributed by atoms with Crippen LogP contribution in [0.1, 0.15) is 31.0 Å². The summed E-state index contributed by atoms with van der Waals surface area (Å²) in [5, 5.41) is 0. The fourth-order valence-electron chi connectivity index (χ4n) is 1.47. The highest BCUT2D eigenvalue weighted by Crippen LogP contribution is 2.36. The van der Waals surface area contributed by atoms with Gasteiger partial charge in [-0.2, -0.15) is 0 Å². The van der Waals surface area contributed by atoms with Gasteiger partial charge in [0.15, 0.2) is 0 Å². The molecule has 1 aromatic heterocycles. The monoisotopic (exact) mass is 178 g/mol. The summed E-state index contributed by atoms with van der Waals surface area (Å²) < 4.78 is 0. The van der Waals surface area contributed by atoms with Gasteiger partial charge in [0, 0.05) is 6.20 Å². The van der Waals surface area contributed by atoms with Crippen LogP contribution in [0.3, 0.4) is 0 Å². The quantitative estimate of drug-likeness (QED) is 0.528. The van der Waals surface area contributed by atoms with Crippen molar-refractivity contribution < 1.29 is 0 Å². The van der Waals surface area contributed by atoms with E-state index < -0.39 is 0 Å². The van der Waals surface area contributed by atoms with Gasteiger partial charge in [-0.1, -0.05) is 12.8 Å². The van der Waals surface area contributed by atoms with E-state index >= 15 is 0 Å². The van der Waals surface area contributed by atoms with Gasteiger partial charge < -0.3 is 0 Å². The predicted molar refractivity (Wildman–Crippen MR) is 49.4 cm³/mol. The molecule has 3 N–H and O–H groups in total. The van der Waals surface area contributed by atoms with Gasteiger partial charge in [0.25, 0.3) is 0 Å². The number of aromatic nitrogens is 2. The molecular formula is C9H14N4. The molecule has 4 nitrogen and oxygen atoms in total. The first-order valence-electron chi connectivity index (χ1n) is 4.62. The van der Waals surface area contributed by atoms with Gasteiger partial charge in [0.05, 0.1) is 11.7 Å². The molecule has 0 saturated heterocycles. The van der Waals surface area contributed by atoms with Crippen molar-refractivity contribution in [1.82, 2.24) is 15.4 Å². The van der Waals surface area contributed by atoms with Crippen LogP contribution in [0, 0.1) is 5.92 Å². The van der Waals surface area contributed by atoms with Crippen molar-refractivity contribution in [3.05, 3.63) is 24.3 Å². The third kappa shape index (κ3) is 2.23. The first-order valence-corrected chi connectivity index (χ1v) is 4.62. The van der Waals surface area contributed by atoms with Crippen LogP contribution in [-0.4, -0.2) is 9.97 Å². The van der Waals surface area contributed by atoms with Crippen LogP contribution in [0.2, 0.25) is 0 Å². The van der Waals surface area contributed by atoms with Crippen LogP contribution in [0.4, 0.5) is 0 Å². The molecule has 2 rings (SSSR count). The molecule has 70 valence electrons. The molecular weight excluding hydrogens is 164 g/mol. The Labute approximate surface area is 77.5 Å². The summed E-state index contributed by atoms with van der Waals surface area (Å²) in [4.78, 5) is 8.05. The Hall–Kier alpha value is -1.00. The van der Waals surface area contributed by atoms with Gasteiger partial charge in [-0.3, -0.25) is 11.3 Å². The van der Waals surface area contributed by atoms with E-state index in [-0.39, 0.29) is 6.04 Å². The minimum Gasteiger partial charge on any atom is -0.271 e. The predicted octanol–water partition coefficient (Wildman–Crippen LogP) is 0.781. The minimum atomic E-state index is 0.190. The number of nitrogens with zero attached hydrogens (tertiary/aromatic N) is 2. The molecule has 1 aliphatic carbocycles. The summed E-state index contributed by atoms with van der Waals surface area (Å²) in [6.07, 6.45) is 7.08. The molecule has 1 aromatic rings. The largest absolute Gasteiger partial charge is 0.271 e. The van der Waals surface area contributed by atoms with Crippen LogP contribution in [0.25, 0.3) is 0 Å². The van der Waals surface area contributed by atoms with Gasteiger partial charge in [0.1, 0.15) is 6.33 Å². The van der Waals surface area contributed by atoms with Crippen LogP contribution < -0.4 is 11.3 Å². The summed E-state index contributed by atoms with van der Waals surface area (Å²) in [6, 6.07) is 2.10. The van der Waals surface area contributed by atoms with Crippen molar-refractivity contribution in [2.45, 2.75) is 25.3 Å². The van der Waals surface area contributed by atoms with Crippen molar-refractivity contribution in [3.63, 3.8) is 0 Å². The van der Waals surface area contributed by atoms with E-state index in [0.29, 0.717) is 0 Å². The van der Waals surface area contributed by atoms with Crippen LogP contribution in [-0.2, 0) is 0 Å². The Morgan fingerprint density at radius 1 is 1.62 bits per heavy atom. The third-order valence-electron chi connectivity index (χ3n) is 2.43. The molecule has 1 aliphatic rings. The SMILES string of the molecule is NNC(CC1CC1)c1ccncn1. The van der Waals surface area contributed by atoms with Gasteiger partial charge in [-0.05, 0) is 18.4 Å². The molecule has 1 heterocycles. The van der Waals surface area contributed by atoms with Gasteiger partial charge >= 0.3 is 0 Å². The summed E-state index contributed by atoms with van der Waals surface area (Å²) in [7, 11) is 0. The Morgan fingerprint density at radius 2 is 2.46 bits per heavy atom. The number of nitrogens with one attached hydrogen (secondary N) is 1. The van der Waals surface area contributed by atoms with E-state index in [1.807, 2.05) is 6.07 Å². The molecule has 13 heavy (non-hydrogen) atoms. The Kier molecular flexibility index (Phi) is 2.52. The van der Waals surface area contributed by atoms with E-state index in [2.05, 4.69) is 15.4 Å². The van der Waals surface area contributed by atoms with E-state index in [0.717, 1.165) is 18.0 Å². The van der Waals surface area contributed by atoms with Crippen molar-refractivity contribution in [2.24, 2.45) is 11.8 Å². The van der Waals surface area contributed by atoms with Gasteiger partial charge in [-0.25, -0.2) is 9.97 Å². The first kappa shape index (κ1) is 8.59. The smallest absolute Gasteiger partial charge is 0.115 e. The van der Waals surface area contributed by atoms with Crippen molar-refractivity contribution in [2.75, 3.05) is 0 Å². The number of hydrogen-bond acceptors (Lipinski definition) is 4. The molecule has 4 heteroatoms. The second-order valence-electron chi connectivity index (χ2n) is 3.53. The zero-order chi connectivity index (χ0) is 9.10. The zero-order valence-electron chi connectivity index (χ0n) is 7.48. The third-order valence-corrected chi connectivity index (χ3v) is 2.43. The van der Waals surface area contributed by atoms with Crippen LogP contribution in [0.15, 0.2) is 18.6 Å². The molecule has 0 aromatic carbocycles. The van der Waals surface area contributed by atoms with Crippen LogP contribution in [0.5, 0.6) is 0 Å². The first-order chi connectivity index (χ1) is 6.40. The van der Waals surface area contributed by atoms with Gasteiger partial charge in [0.2, 0.25) is 0 Å². The lowest BCUT2D eigenvalue weighted by molar-refractivity contribution is 0.476. The van der Waals surface area contributed by atoms with E-state index in [4.69, 9.17) is 5.84 Å². The van der Waals surface area contributed by atoms with Crippen molar-refractivity contribution in [3.8, 4) is 0 Å². The number of rotatable bonds is 4. The normalized spacial score (nSPS) is 18.5. The lowest BCUT2D eigenvalue weighted by Crippen LogP contribution is -2.29. The number of nitrogens with two attached hydrogens (primary N) is 1. The molecule has 0 amide bonds. The summed E-state index contributed by atoms with van der Waals surface area (Å²) in [6.45, 7) is 0. The van der Waals surface area contributed by atoms with Crippen LogP contribution >= 0.6 is 0 Å². The average Bonchev–Trinajstić information content (AvgIpc) is 2.99. The molecule has 1 saturated carbocycles. The Balaban J connectivity index is 2.02. The molecule has 0 bridgehead atoms. The lowest BCUT2D eigenvalue weighted by atomic mass is 10.1. The fourth-order valence-corrected chi connectivity index (χ4v) is 1.47. The molecule has 1 unspecified atom stereocenters. The molecule has 0 aliphatic heterocycles. The highest BCUT2D eigenvalue weighted by molar-refractivity contribution is 5.05. The summed E-state index contributed by atoms with van der Waals surface area (Å²) >= 11 is 0. The number of hydrogen-bond donors (Lipinski definition) is 2. The Bertz CT molecular complexity index is 258. The van der Waals surface area contributed by atoms with Crippen molar-refractivity contribution >= 4 is 0 Å². The maximum Gasteiger partial charge on any atom is 0.115 e. The standard InChI is InChI=1S/C9H14N4/c10-13-9(5-7-1-2-7)8-3-4-11-6-12-8/h3-4,6-7,9,13H,1-2,5,10H2. The molecule has 0 spiro atoms. The maximum atomic E-state index is 5.47. The second kappa shape index (κ2) is 3.81. The molecule has 1 fully saturated rings. The number of hydrazine groups is 1. The minimum absolute atomic E-state index is 0.190. The zero-order valence-corrected chi connectivity index (χ0v) is 7.48. The second-order valence-corrected chi connectivity index (χ2v) is 3.53. The Morgan fingerprint density at radius 3 is 3.00 bits per heavy atom. The fraction of sp³-hybridized carbons (Fsp3) is 0.556. The lowest BCUT2D eigenvalue weighted by Gasteiger charge is -2.13. The summed E-state index contributed by atoms with van der Waals surface area (Å²) in [5.41, 5.74) is 3.79. The topological polar surface area (TPSA) is 63.8 Å². The van der Waals surface area contributed by atoms with Gasteiger partial charge in [-0.15, -0.1) is 0 Å². The average molecular weight is 178 g/mol. The van der Waals surface area contributed by atoms with E-state index in [1.54, 1.807) is 12.5 Å². The maximum absolute atomic E-state index is 5.47.